The third-order valence-electron chi connectivity index (χ3n) is 1.50. The monoisotopic (exact) mass is 452 g/mol. The largest absolute Gasteiger partial charge is 0.127 e. The van der Waals surface area contributed by atoms with E-state index >= 15 is 0 Å². The number of hydrogen-bond donors (Lipinski definition) is 0. The molecule has 0 unspecified atom stereocenters. The molecule has 0 saturated carbocycles. The van der Waals surface area contributed by atoms with Crippen molar-refractivity contribution in [1.29, 1.82) is 0 Å². The van der Waals surface area contributed by atoms with E-state index in [4.69, 9.17) is 11.6 Å². The molecule has 0 spiro atoms. The molecule has 0 heterocycles. The van der Waals surface area contributed by atoms with Crippen LogP contribution in [0.15, 0.2) is 24.3 Å². The predicted molar refractivity (Wildman–Crippen MR) is 72.6 cm³/mol. The summed E-state index contributed by atoms with van der Waals surface area (Å²) < 4.78 is -0.224. The van der Waals surface area contributed by atoms with Crippen molar-refractivity contribution in [1.82, 2.24) is 0 Å². The molecule has 0 aromatic heterocycles. The van der Waals surface area contributed by atoms with E-state index in [0.29, 0.717) is 0 Å². The van der Waals surface area contributed by atoms with Crippen molar-refractivity contribution < 1.29 is 0 Å². The number of alkyl halides is 4. The molecule has 0 aliphatic heterocycles. The molecule has 5 heteroatoms. The summed E-state index contributed by atoms with van der Waals surface area (Å²) in [6, 6.07) is 7.63. The molecule has 0 atom stereocenters. The van der Waals surface area contributed by atoms with Crippen LogP contribution in [0.1, 0.15) is 5.56 Å². The highest BCUT2D eigenvalue weighted by molar-refractivity contribution is 9.29. The van der Waals surface area contributed by atoms with Gasteiger partial charge in [0.1, 0.15) is 3.23 Å². The fourth-order valence-corrected chi connectivity index (χ4v) is 1.98. The molecule has 0 N–H and O–H groups in total. The summed E-state index contributed by atoms with van der Waals surface area (Å²) >= 11 is 19.8. The minimum absolute atomic E-state index is 0.0914. The van der Waals surface area contributed by atoms with E-state index in [1.807, 2.05) is 24.3 Å². The van der Waals surface area contributed by atoms with Gasteiger partial charge in [0.05, 0.1) is 3.74 Å². The van der Waals surface area contributed by atoms with E-state index < -0.39 is 0 Å². The zero-order chi connectivity index (χ0) is 10.1. The van der Waals surface area contributed by atoms with Gasteiger partial charge in [-0.1, -0.05) is 87.5 Å². The summed E-state index contributed by atoms with van der Waals surface area (Å²) in [5, 5.41) is 0.736. The molecular weight excluding hydrogens is 451 g/mol. The van der Waals surface area contributed by atoms with Gasteiger partial charge in [-0.2, -0.15) is 0 Å². The zero-order valence-electron chi connectivity index (χ0n) is 6.28. The molecule has 0 bridgehead atoms. The second-order valence-corrected chi connectivity index (χ2v) is 9.49. The maximum Gasteiger partial charge on any atom is 0.127 e. The Morgan fingerprint density at radius 1 is 1.08 bits per heavy atom. The van der Waals surface area contributed by atoms with Crippen LogP contribution in [-0.4, -0.2) is 3.74 Å². The minimum atomic E-state index is -0.315. The first-order chi connectivity index (χ1) is 5.94. The molecule has 13 heavy (non-hydrogen) atoms. The topological polar surface area (TPSA) is 0 Å². The van der Waals surface area contributed by atoms with Crippen molar-refractivity contribution in [2.45, 2.75) is 6.97 Å². The highest BCUT2D eigenvalue weighted by Crippen LogP contribution is 2.47. The second kappa shape index (κ2) is 4.97. The molecule has 0 nitrogen and oxygen atoms in total. The van der Waals surface area contributed by atoms with Crippen LogP contribution < -0.4 is 0 Å². The molecule has 72 valence electrons. The molecule has 0 radical (unpaired) electrons. The highest BCUT2D eigenvalue weighted by atomic mass is 79.9. The molecule has 1 rings (SSSR count). The average molecular weight is 456 g/mol. The first-order valence-corrected chi connectivity index (χ1v) is 7.16. The summed E-state index contributed by atoms with van der Waals surface area (Å²) in [4.78, 5) is 0. The summed E-state index contributed by atoms with van der Waals surface area (Å²) in [7, 11) is 0. The summed E-state index contributed by atoms with van der Waals surface area (Å²) in [6.07, 6.45) is 0. The van der Waals surface area contributed by atoms with Crippen LogP contribution in [0.25, 0.3) is 0 Å². The van der Waals surface area contributed by atoms with Gasteiger partial charge in [-0.3, -0.25) is 0 Å². The Labute approximate surface area is 116 Å². The lowest BCUT2D eigenvalue weighted by molar-refractivity contribution is 1.05. The number of rotatable bonds is 2. The van der Waals surface area contributed by atoms with Crippen molar-refractivity contribution in [3.05, 3.63) is 34.9 Å². The molecule has 0 saturated heterocycles. The van der Waals surface area contributed by atoms with E-state index in [-0.39, 0.29) is 6.97 Å². The van der Waals surface area contributed by atoms with Gasteiger partial charge in [0.25, 0.3) is 0 Å². The van der Waals surface area contributed by atoms with Crippen LogP contribution in [0.2, 0.25) is 5.02 Å². The van der Waals surface area contributed by atoms with Crippen LogP contribution in [-0.2, 0) is 3.23 Å². The fraction of sp³-hybridized carbons (Fsp3) is 0.250. The fourth-order valence-electron chi connectivity index (χ4n) is 0.798. The van der Waals surface area contributed by atoms with E-state index in [2.05, 4.69) is 63.7 Å². The lowest BCUT2D eigenvalue weighted by Gasteiger charge is -2.22. The van der Waals surface area contributed by atoms with Gasteiger partial charge in [0.2, 0.25) is 0 Å². The summed E-state index contributed by atoms with van der Waals surface area (Å²) in [5.74, 6) is 0. The van der Waals surface area contributed by atoms with E-state index in [0.717, 1.165) is 10.6 Å². The average Bonchev–Trinajstić information content (AvgIpc) is 2.04. The summed E-state index contributed by atoms with van der Waals surface area (Å²) in [5.41, 5.74) is 1.09. The lowest BCUT2D eigenvalue weighted by Crippen LogP contribution is -2.16. The van der Waals surface area contributed by atoms with Crippen LogP contribution in [0.5, 0.6) is 0 Å². The third kappa shape index (κ3) is 3.20. The normalized spacial score (nSPS) is 12.2. The maximum absolute atomic E-state index is 5.79. The van der Waals surface area contributed by atoms with Crippen molar-refractivity contribution in [2.24, 2.45) is 0 Å². The third-order valence-corrected chi connectivity index (χ3v) is 7.42. The lowest BCUT2D eigenvalue weighted by atomic mass is 10.2. The van der Waals surface area contributed by atoms with Gasteiger partial charge in [0, 0.05) is 5.02 Å². The Morgan fingerprint density at radius 2 is 1.54 bits per heavy atom. The number of hydrogen-bond acceptors (Lipinski definition) is 0. The minimum Gasteiger partial charge on any atom is -0.0843 e. The van der Waals surface area contributed by atoms with Gasteiger partial charge in [-0.25, -0.2) is 0 Å². The molecule has 0 aliphatic carbocycles. The molecular formula is C8H5Br4Cl. The second-order valence-electron chi connectivity index (χ2n) is 2.43. The first-order valence-electron chi connectivity index (χ1n) is 3.36. The van der Waals surface area contributed by atoms with E-state index in [1.54, 1.807) is 0 Å². The number of halogens is 5. The van der Waals surface area contributed by atoms with Gasteiger partial charge in [-0.05, 0) is 17.7 Å². The van der Waals surface area contributed by atoms with Gasteiger partial charge in [0.15, 0.2) is 0 Å². The number of benzene rings is 1. The summed E-state index contributed by atoms with van der Waals surface area (Å²) in [6.45, 7) is 0. The van der Waals surface area contributed by atoms with Crippen LogP contribution in [0.4, 0.5) is 0 Å². The van der Waals surface area contributed by atoms with Gasteiger partial charge >= 0.3 is 0 Å². The first kappa shape index (κ1) is 12.5. The van der Waals surface area contributed by atoms with Gasteiger partial charge in [-0.15, -0.1) is 0 Å². The van der Waals surface area contributed by atoms with Crippen LogP contribution in [0.3, 0.4) is 0 Å². The molecule has 0 amide bonds. The zero-order valence-corrected chi connectivity index (χ0v) is 13.4. The smallest absolute Gasteiger partial charge is 0.0843 e. The highest BCUT2D eigenvalue weighted by Gasteiger charge is 2.31. The van der Waals surface area contributed by atoms with Crippen molar-refractivity contribution >= 4 is 75.3 Å². The quantitative estimate of drug-likeness (QED) is 0.524. The molecule has 1 aromatic rings. The molecule has 1 aromatic carbocycles. The SMILES string of the molecule is Clc1ccc(C(Br)(Br)C(Br)Br)cc1. The van der Waals surface area contributed by atoms with Crippen molar-refractivity contribution in [3.63, 3.8) is 0 Å². The predicted octanol–water partition coefficient (Wildman–Crippen LogP) is 5.40. The van der Waals surface area contributed by atoms with Crippen molar-refractivity contribution in [2.75, 3.05) is 0 Å². The van der Waals surface area contributed by atoms with E-state index in [9.17, 15) is 0 Å². The standard InChI is InChI=1S/C8H5Br4Cl/c9-7(10)8(11,12)5-1-3-6(13)4-2-5/h1-4,7H. The Kier molecular flexibility index (Phi) is 4.78. The van der Waals surface area contributed by atoms with Gasteiger partial charge < -0.3 is 0 Å². The molecule has 0 fully saturated rings. The van der Waals surface area contributed by atoms with E-state index in [1.165, 1.54) is 0 Å². The van der Waals surface area contributed by atoms with Crippen molar-refractivity contribution in [3.8, 4) is 0 Å². The maximum atomic E-state index is 5.79. The Bertz CT molecular complexity index is 281. The van der Waals surface area contributed by atoms with Crippen LogP contribution >= 0.6 is 75.3 Å². The molecule has 0 aliphatic rings. The Morgan fingerprint density at radius 3 is 1.92 bits per heavy atom. The Balaban J connectivity index is 3.01. The Hall–Kier alpha value is 1.43. The van der Waals surface area contributed by atoms with Crippen LogP contribution in [0, 0.1) is 0 Å².